The monoisotopic (exact) mass is 295 g/mol. The highest BCUT2D eigenvalue weighted by atomic mass is 32.2. The highest BCUT2D eigenvalue weighted by Crippen LogP contribution is 2.10. The largest absolute Gasteiger partial charge is 0.370 e. The molecule has 1 aromatic carbocycles. The summed E-state index contributed by atoms with van der Waals surface area (Å²) in [5.41, 5.74) is 10.8. The SMILES string of the molecule is NCC#Cc1cccc(S(=O)(=O)NCCCC(N)=O)c1. The quantitative estimate of drug-likeness (QED) is 0.486. The number of sulfonamides is 1. The molecule has 6 nitrogen and oxygen atoms in total. The van der Waals surface area contributed by atoms with Gasteiger partial charge in [0.15, 0.2) is 0 Å². The van der Waals surface area contributed by atoms with E-state index in [4.69, 9.17) is 11.5 Å². The maximum atomic E-state index is 12.0. The Labute approximate surface area is 118 Å². The lowest BCUT2D eigenvalue weighted by molar-refractivity contribution is -0.118. The summed E-state index contributed by atoms with van der Waals surface area (Å²) in [6, 6.07) is 6.26. The number of benzene rings is 1. The Hall–Kier alpha value is -1.88. The molecule has 0 spiro atoms. The van der Waals surface area contributed by atoms with Gasteiger partial charge in [0.1, 0.15) is 0 Å². The Balaban J connectivity index is 2.74. The van der Waals surface area contributed by atoms with Crippen LogP contribution in [0.4, 0.5) is 0 Å². The van der Waals surface area contributed by atoms with Crippen molar-refractivity contribution in [1.29, 1.82) is 0 Å². The smallest absolute Gasteiger partial charge is 0.240 e. The van der Waals surface area contributed by atoms with Crippen LogP contribution in [0.5, 0.6) is 0 Å². The number of nitrogens with two attached hydrogens (primary N) is 2. The minimum atomic E-state index is -3.61. The zero-order chi connectivity index (χ0) is 15.0. The number of carbonyl (C=O) groups is 1. The molecular weight excluding hydrogens is 278 g/mol. The van der Waals surface area contributed by atoms with Crippen LogP contribution in [0.3, 0.4) is 0 Å². The summed E-state index contributed by atoms with van der Waals surface area (Å²) in [6.07, 6.45) is 0.506. The molecule has 0 bridgehead atoms. The van der Waals surface area contributed by atoms with E-state index < -0.39 is 15.9 Å². The van der Waals surface area contributed by atoms with Crippen LogP contribution in [-0.4, -0.2) is 27.4 Å². The molecule has 0 aliphatic carbocycles. The summed E-state index contributed by atoms with van der Waals surface area (Å²) in [6.45, 7) is 0.367. The van der Waals surface area contributed by atoms with Gasteiger partial charge >= 0.3 is 0 Å². The van der Waals surface area contributed by atoms with Crippen molar-refractivity contribution < 1.29 is 13.2 Å². The predicted octanol–water partition coefficient (Wildman–Crippen LogP) is -0.459. The van der Waals surface area contributed by atoms with E-state index in [0.29, 0.717) is 12.0 Å². The van der Waals surface area contributed by atoms with Gasteiger partial charge in [-0.3, -0.25) is 4.79 Å². The Kier molecular flexibility index (Phi) is 6.18. The molecule has 0 aromatic heterocycles. The van der Waals surface area contributed by atoms with Gasteiger partial charge < -0.3 is 11.5 Å². The van der Waals surface area contributed by atoms with E-state index in [1.807, 2.05) is 0 Å². The number of primary amides is 1. The van der Waals surface area contributed by atoms with Crippen LogP contribution in [0.1, 0.15) is 18.4 Å². The molecular formula is C13H17N3O3S. The molecule has 0 radical (unpaired) electrons. The van der Waals surface area contributed by atoms with Crippen molar-refractivity contribution in [3.05, 3.63) is 29.8 Å². The summed E-state index contributed by atoms with van der Waals surface area (Å²) in [5.74, 6) is 4.97. The molecule has 1 rings (SSSR count). The van der Waals surface area contributed by atoms with Gasteiger partial charge in [-0.15, -0.1) is 0 Å². The molecule has 0 aliphatic heterocycles. The van der Waals surface area contributed by atoms with Crippen molar-refractivity contribution in [2.75, 3.05) is 13.1 Å². The van der Waals surface area contributed by atoms with Crippen molar-refractivity contribution in [3.8, 4) is 11.8 Å². The average molecular weight is 295 g/mol. The molecule has 108 valence electrons. The second-order valence-electron chi connectivity index (χ2n) is 4.00. The lowest BCUT2D eigenvalue weighted by Crippen LogP contribution is -2.25. The van der Waals surface area contributed by atoms with Crippen LogP contribution in [0.25, 0.3) is 0 Å². The van der Waals surface area contributed by atoms with Crippen LogP contribution in [0.15, 0.2) is 29.2 Å². The maximum absolute atomic E-state index is 12.0. The fourth-order valence-corrected chi connectivity index (χ4v) is 2.57. The van der Waals surface area contributed by atoms with Gasteiger partial charge in [-0.25, -0.2) is 13.1 Å². The molecule has 20 heavy (non-hydrogen) atoms. The lowest BCUT2D eigenvalue weighted by atomic mass is 10.2. The summed E-state index contributed by atoms with van der Waals surface area (Å²) in [5, 5.41) is 0. The number of nitrogens with one attached hydrogen (secondary N) is 1. The molecule has 0 saturated heterocycles. The van der Waals surface area contributed by atoms with Crippen LogP contribution < -0.4 is 16.2 Å². The topological polar surface area (TPSA) is 115 Å². The third kappa shape index (κ3) is 5.40. The summed E-state index contributed by atoms with van der Waals surface area (Å²) in [4.78, 5) is 10.7. The standard InChI is InChI=1S/C13H17N3O3S/c14-8-2-5-11-4-1-6-12(10-11)20(18,19)16-9-3-7-13(15)17/h1,4,6,10,16H,3,7-9,14H2,(H2,15,17). The van der Waals surface area contributed by atoms with Gasteiger partial charge in [0, 0.05) is 18.5 Å². The third-order valence-electron chi connectivity index (χ3n) is 2.37. The molecule has 7 heteroatoms. The molecule has 0 fully saturated rings. The first-order valence-corrected chi connectivity index (χ1v) is 7.51. The van der Waals surface area contributed by atoms with E-state index in [9.17, 15) is 13.2 Å². The Morgan fingerprint density at radius 3 is 2.75 bits per heavy atom. The third-order valence-corrected chi connectivity index (χ3v) is 3.83. The summed E-state index contributed by atoms with van der Waals surface area (Å²) < 4.78 is 26.4. The zero-order valence-corrected chi connectivity index (χ0v) is 11.7. The summed E-state index contributed by atoms with van der Waals surface area (Å²) >= 11 is 0. The van der Waals surface area contributed by atoms with Gasteiger partial charge in [-0.2, -0.15) is 0 Å². The molecule has 1 aromatic rings. The Bertz CT molecular complexity index is 630. The molecule has 0 heterocycles. The number of carbonyl (C=O) groups excluding carboxylic acids is 1. The maximum Gasteiger partial charge on any atom is 0.240 e. The number of amides is 1. The van der Waals surface area contributed by atoms with E-state index >= 15 is 0 Å². The minimum absolute atomic E-state index is 0.125. The van der Waals surface area contributed by atoms with Gasteiger partial charge in [0.25, 0.3) is 0 Å². The molecule has 0 unspecified atom stereocenters. The van der Waals surface area contributed by atoms with Crippen molar-refractivity contribution in [2.24, 2.45) is 11.5 Å². The number of hydrogen-bond acceptors (Lipinski definition) is 4. The van der Waals surface area contributed by atoms with Crippen LogP contribution in [-0.2, 0) is 14.8 Å². The second kappa shape index (κ2) is 7.65. The molecule has 5 N–H and O–H groups in total. The fraction of sp³-hybridized carbons (Fsp3) is 0.308. The molecule has 0 saturated carbocycles. The van der Waals surface area contributed by atoms with E-state index in [1.54, 1.807) is 12.1 Å². The van der Waals surface area contributed by atoms with Crippen molar-refractivity contribution >= 4 is 15.9 Å². The molecule has 0 aliphatic rings. The molecule has 0 atom stereocenters. The lowest BCUT2D eigenvalue weighted by Gasteiger charge is -2.06. The first kappa shape index (κ1) is 16.2. The normalized spacial score (nSPS) is 10.7. The second-order valence-corrected chi connectivity index (χ2v) is 5.77. The zero-order valence-electron chi connectivity index (χ0n) is 10.9. The fourth-order valence-electron chi connectivity index (χ4n) is 1.45. The average Bonchev–Trinajstić information content (AvgIpc) is 2.41. The summed E-state index contributed by atoms with van der Waals surface area (Å²) in [7, 11) is -3.61. The highest BCUT2D eigenvalue weighted by molar-refractivity contribution is 7.89. The van der Waals surface area contributed by atoms with Gasteiger partial charge in [-0.05, 0) is 24.6 Å². The van der Waals surface area contributed by atoms with Crippen LogP contribution in [0.2, 0.25) is 0 Å². The first-order valence-electron chi connectivity index (χ1n) is 6.02. The van der Waals surface area contributed by atoms with Gasteiger partial charge in [0.2, 0.25) is 15.9 Å². The van der Waals surface area contributed by atoms with Crippen LogP contribution in [0, 0.1) is 11.8 Å². The van der Waals surface area contributed by atoms with Crippen molar-refractivity contribution in [2.45, 2.75) is 17.7 Å². The van der Waals surface area contributed by atoms with Gasteiger partial charge in [-0.1, -0.05) is 17.9 Å². The first-order chi connectivity index (χ1) is 9.45. The predicted molar refractivity (Wildman–Crippen MR) is 76.0 cm³/mol. The van der Waals surface area contributed by atoms with E-state index in [1.165, 1.54) is 12.1 Å². The van der Waals surface area contributed by atoms with Gasteiger partial charge in [0.05, 0.1) is 11.4 Å². The number of hydrogen-bond donors (Lipinski definition) is 3. The highest BCUT2D eigenvalue weighted by Gasteiger charge is 2.13. The number of rotatable bonds is 6. The van der Waals surface area contributed by atoms with Crippen molar-refractivity contribution in [3.63, 3.8) is 0 Å². The molecule has 1 amide bonds. The minimum Gasteiger partial charge on any atom is -0.370 e. The van der Waals surface area contributed by atoms with E-state index in [-0.39, 0.29) is 24.4 Å². The van der Waals surface area contributed by atoms with Crippen molar-refractivity contribution in [1.82, 2.24) is 4.72 Å². The Morgan fingerprint density at radius 2 is 2.10 bits per heavy atom. The van der Waals surface area contributed by atoms with E-state index in [2.05, 4.69) is 16.6 Å². The van der Waals surface area contributed by atoms with E-state index in [0.717, 1.165) is 0 Å². The van der Waals surface area contributed by atoms with Crippen LogP contribution >= 0.6 is 0 Å². The Morgan fingerprint density at radius 1 is 1.35 bits per heavy atom.